The van der Waals surface area contributed by atoms with E-state index in [0.29, 0.717) is 0 Å². The molecule has 1 aromatic carbocycles. The summed E-state index contributed by atoms with van der Waals surface area (Å²) in [6, 6.07) is 14.3. The van der Waals surface area contributed by atoms with Crippen molar-refractivity contribution in [1.29, 1.82) is 0 Å². The lowest BCUT2D eigenvalue weighted by atomic mass is 9.86. The zero-order valence-electron chi connectivity index (χ0n) is 15.7. The van der Waals surface area contributed by atoms with Crippen LogP contribution < -0.4 is 5.32 Å². The number of rotatable bonds is 6. The third-order valence-corrected chi connectivity index (χ3v) is 5.32. The maximum Gasteiger partial charge on any atom is 0.127 e. The van der Waals surface area contributed by atoms with Crippen molar-refractivity contribution < 1.29 is 4.79 Å². The molecule has 1 aliphatic carbocycles. The van der Waals surface area contributed by atoms with E-state index >= 15 is 0 Å². The number of aromatic nitrogens is 2. The van der Waals surface area contributed by atoms with Gasteiger partial charge in [-0.25, -0.2) is 0 Å². The Morgan fingerprint density at radius 2 is 1.96 bits per heavy atom. The van der Waals surface area contributed by atoms with Crippen LogP contribution >= 0.6 is 0 Å². The highest BCUT2D eigenvalue weighted by atomic mass is 16.1. The van der Waals surface area contributed by atoms with Crippen LogP contribution in [0.3, 0.4) is 0 Å². The van der Waals surface area contributed by atoms with E-state index in [-0.39, 0.29) is 5.92 Å². The van der Waals surface area contributed by atoms with Crippen molar-refractivity contribution >= 4 is 17.7 Å². The molecule has 0 saturated heterocycles. The van der Waals surface area contributed by atoms with Crippen molar-refractivity contribution in [3.63, 3.8) is 0 Å². The van der Waals surface area contributed by atoms with E-state index in [1.165, 1.54) is 17.0 Å². The average Bonchev–Trinajstić information content (AvgIpc) is 3.03. The molecule has 1 aliphatic rings. The van der Waals surface area contributed by atoms with Gasteiger partial charge >= 0.3 is 0 Å². The molecule has 2 heterocycles. The van der Waals surface area contributed by atoms with Crippen LogP contribution in [0.1, 0.15) is 43.4 Å². The summed E-state index contributed by atoms with van der Waals surface area (Å²) >= 11 is 0. The van der Waals surface area contributed by atoms with Gasteiger partial charge in [0.1, 0.15) is 6.29 Å². The van der Waals surface area contributed by atoms with Gasteiger partial charge in [0, 0.05) is 47.4 Å². The number of aldehydes is 1. The lowest BCUT2D eigenvalue weighted by Crippen LogP contribution is -2.14. The quantitative estimate of drug-likeness (QED) is 0.606. The van der Waals surface area contributed by atoms with E-state index in [2.05, 4.69) is 46.1 Å². The third kappa shape index (κ3) is 3.27. The average molecular weight is 359 g/mol. The van der Waals surface area contributed by atoms with Gasteiger partial charge in [0.15, 0.2) is 0 Å². The molecule has 1 N–H and O–H groups in total. The van der Waals surface area contributed by atoms with Crippen LogP contribution in [0.15, 0.2) is 54.9 Å². The van der Waals surface area contributed by atoms with Gasteiger partial charge in [-0.15, -0.1) is 0 Å². The molecule has 1 atom stereocenters. The zero-order chi connectivity index (χ0) is 18.6. The molecule has 0 spiro atoms. The summed E-state index contributed by atoms with van der Waals surface area (Å²) in [5, 5.41) is 3.64. The number of benzene rings is 1. The highest BCUT2D eigenvalue weighted by molar-refractivity contribution is 5.86. The minimum absolute atomic E-state index is 0.0429. The number of carbonyl (C=O) groups is 1. The molecule has 0 radical (unpaired) electrons. The van der Waals surface area contributed by atoms with E-state index in [1.54, 1.807) is 0 Å². The first-order chi connectivity index (χ1) is 13.3. The highest BCUT2D eigenvalue weighted by Gasteiger charge is 2.31. The minimum Gasteiger partial charge on any atom is -0.354 e. The summed E-state index contributed by atoms with van der Waals surface area (Å²) in [4.78, 5) is 16.1. The Kier molecular flexibility index (Phi) is 5.05. The van der Waals surface area contributed by atoms with Crippen LogP contribution in [0.25, 0.3) is 11.3 Å². The van der Waals surface area contributed by atoms with Crippen molar-refractivity contribution in [2.24, 2.45) is 0 Å². The van der Waals surface area contributed by atoms with Gasteiger partial charge in [-0.3, -0.25) is 4.98 Å². The predicted molar refractivity (Wildman–Crippen MR) is 109 cm³/mol. The second-order valence-corrected chi connectivity index (χ2v) is 7.10. The first-order valence-corrected chi connectivity index (χ1v) is 9.76. The highest BCUT2D eigenvalue weighted by Crippen LogP contribution is 2.45. The number of hydrogen-bond acceptors (Lipinski definition) is 3. The van der Waals surface area contributed by atoms with E-state index in [9.17, 15) is 4.79 Å². The second-order valence-electron chi connectivity index (χ2n) is 7.10. The second kappa shape index (κ2) is 7.78. The number of nitrogens with one attached hydrogen (secondary N) is 1. The molecule has 138 valence electrons. The molecule has 0 saturated carbocycles. The molecule has 2 aromatic heterocycles. The molecule has 3 aromatic rings. The van der Waals surface area contributed by atoms with Gasteiger partial charge in [-0.2, -0.15) is 0 Å². The summed E-state index contributed by atoms with van der Waals surface area (Å²) in [6.07, 6.45) is 8.85. The first-order valence-electron chi connectivity index (χ1n) is 9.76. The number of para-hydroxylation sites is 1. The Morgan fingerprint density at radius 3 is 2.67 bits per heavy atom. The van der Waals surface area contributed by atoms with Gasteiger partial charge in [0.05, 0.1) is 11.4 Å². The van der Waals surface area contributed by atoms with Gasteiger partial charge in [0.25, 0.3) is 0 Å². The largest absolute Gasteiger partial charge is 0.354 e. The Morgan fingerprint density at radius 1 is 1.19 bits per heavy atom. The van der Waals surface area contributed by atoms with E-state index in [1.807, 2.05) is 30.6 Å². The number of fused-ring (bicyclic) bond motifs is 1. The van der Waals surface area contributed by atoms with Crippen LogP contribution in [0.4, 0.5) is 11.4 Å². The summed E-state index contributed by atoms with van der Waals surface area (Å²) in [5.41, 5.74) is 6.91. The number of hydrogen-bond donors (Lipinski definition) is 1. The zero-order valence-corrected chi connectivity index (χ0v) is 15.7. The first kappa shape index (κ1) is 17.5. The molecule has 0 bridgehead atoms. The summed E-state index contributed by atoms with van der Waals surface area (Å²) in [5.74, 6) is -0.0429. The molecule has 0 fully saturated rings. The lowest BCUT2D eigenvalue weighted by Gasteiger charge is -2.21. The third-order valence-electron chi connectivity index (χ3n) is 5.32. The Balaban J connectivity index is 1.97. The fourth-order valence-electron chi connectivity index (χ4n) is 4.20. The number of nitrogens with zero attached hydrogens (tertiary/aromatic N) is 2. The monoisotopic (exact) mass is 359 g/mol. The van der Waals surface area contributed by atoms with Gasteiger partial charge in [0.2, 0.25) is 0 Å². The smallest absolute Gasteiger partial charge is 0.127 e. The molecule has 4 heteroatoms. The SMILES string of the molecule is CCCn1c2c(c(Nc3ccccc3)c1-c1ccncc1)C(C=O)CCC2. The molecule has 27 heavy (non-hydrogen) atoms. The summed E-state index contributed by atoms with van der Waals surface area (Å²) in [7, 11) is 0. The van der Waals surface area contributed by atoms with Crippen LogP contribution in [0.2, 0.25) is 0 Å². The molecule has 0 amide bonds. The molecule has 0 aliphatic heterocycles. The van der Waals surface area contributed by atoms with Crippen LogP contribution in [-0.4, -0.2) is 15.8 Å². The number of pyridine rings is 1. The Bertz CT molecular complexity index is 916. The standard InChI is InChI=1S/C23H25N3O/c1-2-15-26-20-10-6-7-18(16-27)21(20)22(25-19-8-4-3-5-9-19)23(26)17-11-13-24-14-12-17/h3-5,8-9,11-14,16,18,25H,2,6-7,10,15H2,1H3. The van der Waals surface area contributed by atoms with Crippen molar-refractivity contribution in [1.82, 2.24) is 9.55 Å². The van der Waals surface area contributed by atoms with E-state index < -0.39 is 0 Å². The number of carbonyl (C=O) groups excluding carboxylic acids is 1. The summed E-state index contributed by atoms with van der Waals surface area (Å²) < 4.78 is 2.42. The van der Waals surface area contributed by atoms with Crippen molar-refractivity contribution in [3.05, 3.63) is 66.1 Å². The topological polar surface area (TPSA) is 46.9 Å². The maximum absolute atomic E-state index is 11.9. The Labute approximate surface area is 160 Å². The van der Waals surface area contributed by atoms with Crippen LogP contribution in [-0.2, 0) is 17.8 Å². The van der Waals surface area contributed by atoms with Gasteiger partial charge in [-0.05, 0) is 49.9 Å². The van der Waals surface area contributed by atoms with Crippen molar-refractivity contribution in [3.8, 4) is 11.3 Å². The van der Waals surface area contributed by atoms with Crippen LogP contribution in [0.5, 0.6) is 0 Å². The van der Waals surface area contributed by atoms with Gasteiger partial charge in [-0.1, -0.05) is 25.1 Å². The molecule has 4 nitrogen and oxygen atoms in total. The van der Waals surface area contributed by atoms with Crippen molar-refractivity contribution in [2.45, 2.75) is 45.1 Å². The molecular formula is C23H25N3O. The van der Waals surface area contributed by atoms with Gasteiger partial charge < -0.3 is 14.7 Å². The summed E-state index contributed by atoms with van der Waals surface area (Å²) in [6.45, 7) is 3.15. The predicted octanol–water partition coefficient (Wildman–Crippen LogP) is 5.32. The molecule has 4 rings (SSSR count). The maximum atomic E-state index is 11.9. The van der Waals surface area contributed by atoms with Crippen LogP contribution in [0, 0.1) is 0 Å². The fraction of sp³-hybridized carbons (Fsp3) is 0.304. The molecule has 1 unspecified atom stereocenters. The minimum atomic E-state index is -0.0429. The van der Waals surface area contributed by atoms with Crippen molar-refractivity contribution in [2.75, 3.05) is 5.32 Å². The normalized spacial score (nSPS) is 16.0. The number of anilines is 2. The Hall–Kier alpha value is -2.88. The van der Waals surface area contributed by atoms with E-state index in [4.69, 9.17) is 0 Å². The lowest BCUT2D eigenvalue weighted by molar-refractivity contribution is -0.109. The van der Waals surface area contributed by atoms with E-state index in [0.717, 1.165) is 55.5 Å². The molecular weight excluding hydrogens is 334 g/mol. The fourth-order valence-corrected chi connectivity index (χ4v) is 4.20.